The first-order valence-electron chi connectivity index (χ1n) is 5.83. The highest BCUT2D eigenvalue weighted by Crippen LogP contribution is 2.34. The van der Waals surface area contributed by atoms with Gasteiger partial charge in [0.2, 0.25) is 5.91 Å². The molecule has 0 atom stereocenters. The summed E-state index contributed by atoms with van der Waals surface area (Å²) >= 11 is 7.08. The van der Waals surface area contributed by atoms with Gasteiger partial charge in [0.15, 0.2) is 0 Å². The Morgan fingerprint density at radius 3 is 2.82 bits per heavy atom. The average Bonchev–Trinajstić information content (AvgIpc) is 2.51. The molecule has 0 fully saturated rings. The molecule has 0 amide bonds. The van der Waals surface area contributed by atoms with Crippen molar-refractivity contribution in [2.45, 2.75) is 33.2 Å². The first-order valence-corrected chi connectivity index (χ1v) is 7.42. The molecule has 0 unspecified atom stereocenters. The number of nitrogens with zero attached hydrogens (tertiary/aromatic N) is 1. The molecule has 1 aliphatic rings. The number of fused-ring (bicyclic) bond motifs is 1. The van der Waals surface area contributed by atoms with Crippen LogP contribution in [0.15, 0.2) is 9.08 Å². The van der Waals surface area contributed by atoms with Gasteiger partial charge in [-0.25, -0.2) is 0 Å². The molecule has 17 heavy (non-hydrogen) atoms. The second kappa shape index (κ2) is 5.24. The van der Waals surface area contributed by atoms with E-state index in [-0.39, 0.29) is 5.91 Å². The van der Waals surface area contributed by atoms with Gasteiger partial charge in [-0.15, -0.1) is 0 Å². The monoisotopic (exact) mass is 362 g/mol. The fourth-order valence-electron chi connectivity index (χ4n) is 2.17. The van der Waals surface area contributed by atoms with Crippen LogP contribution in [0, 0.1) is 5.92 Å². The predicted octanol–water partition coefficient (Wildman–Crippen LogP) is 3.35. The Labute approximate surface area is 118 Å². The Bertz CT molecular complexity index is 452. The van der Waals surface area contributed by atoms with Crippen molar-refractivity contribution in [3.63, 3.8) is 0 Å². The maximum Gasteiger partial charge on any atom is 0.232 e. The summed E-state index contributed by atoms with van der Waals surface area (Å²) in [4.78, 5) is 12.3. The average molecular weight is 364 g/mol. The fraction of sp³-hybridized carbons (Fsp3) is 0.583. The molecule has 0 bridgehead atoms. The number of rotatable bonds is 2. The lowest BCUT2D eigenvalue weighted by Crippen LogP contribution is -2.26. The highest BCUT2D eigenvalue weighted by atomic mass is 79.9. The summed E-state index contributed by atoms with van der Waals surface area (Å²) in [5.41, 5.74) is 2.35. The number of aromatic nitrogens is 1. The molecule has 0 radical (unpaired) electrons. The highest BCUT2D eigenvalue weighted by Gasteiger charge is 2.25. The minimum Gasteiger partial charge on any atom is -0.312 e. The molecule has 0 saturated carbocycles. The third kappa shape index (κ3) is 2.51. The number of halogens is 2. The Morgan fingerprint density at radius 1 is 1.47 bits per heavy atom. The van der Waals surface area contributed by atoms with Gasteiger partial charge in [0.05, 0.1) is 4.47 Å². The van der Waals surface area contributed by atoms with Crippen molar-refractivity contribution in [2.75, 3.05) is 6.54 Å². The SMILES string of the molecule is CC(C)CC(=O)n1c(Br)c(Br)c2c1CCNC2. The Hall–Kier alpha value is -0.130. The van der Waals surface area contributed by atoms with E-state index in [2.05, 4.69) is 51.0 Å². The maximum absolute atomic E-state index is 12.3. The van der Waals surface area contributed by atoms with Crippen molar-refractivity contribution in [3.05, 3.63) is 20.3 Å². The first kappa shape index (κ1) is 13.3. The zero-order chi connectivity index (χ0) is 12.6. The Morgan fingerprint density at radius 2 is 2.18 bits per heavy atom. The summed E-state index contributed by atoms with van der Waals surface area (Å²) in [5.74, 6) is 0.559. The number of hydrogen-bond donors (Lipinski definition) is 1. The molecule has 94 valence electrons. The summed E-state index contributed by atoms with van der Waals surface area (Å²) in [6, 6.07) is 0. The zero-order valence-corrected chi connectivity index (χ0v) is 13.2. The molecule has 2 heterocycles. The predicted molar refractivity (Wildman–Crippen MR) is 75.3 cm³/mol. The largest absolute Gasteiger partial charge is 0.312 e. The van der Waals surface area contributed by atoms with Gasteiger partial charge < -0.3 is 5.32 Å². The van der Waals surface area contributed by atoms with Crippen LogP contribution in [0.5, 0.6) is 0 Å². The van der Waals surface area contributed by atoms with E-state index >= 15 is 0 Å². The molecule has 1 aromatic heterocycles. The molecule has 3 nitrogen and oxygen atoms in total. The van der Waals surface area contributed by atoms with Crippen LogP contribution < -0.4 is 5.32 Å². The van der Waals surface area contributed by atoms with Crippen molar-refractivity contribution >= 4 is 37.8 Å². The van der Waals surface area contributed by atoms with Gasteiger partial charge in [0.25, 0.3) is 0 Å². The van der Waals surface area contributed by atoms with Crippen LogP contribution in [0.2, 0.25) is 0 Å². The van der Waals surface area contributed by atoms with Gasteiger partial charge in [-0.3, -0.25) is 9.36 Å². The van der Waals surface area contributed by atoms with Gasteiger partial charge in [-0.05, 0) is 37.8 Å². The second-order valence-electron chi connectivity index (χ2n) is 4.78. The minimum atomic E-state index is 0.177. The molecule has 0 spiro atoms. The van der Waals surface area contributed by atoms with E-state index in [0.717, 1.165) is 34.3 Å². The maximum atomic E-state index is 12.3. The van der Waals surface area contributed by atoms with Gasteiger partial charge in [0, 0.05) is 37.2 Å². The third-order valence-corrected chi connectivity index (χ3v) is 5.07. The topological polar surface area (TPSA) is 34.0 Å². The summed E-state index contributed by atoms with van der Waals surface area (Å²) in [7, 11) is 0. The zero-order valence-electron chi connectivity index (χ0n) is 10.0. The molecule has 0 aliphatic carbocycles. The molecular weight excluding hydrogens is 348 g/mol. The van der Waals surface area contributed by atoms with Gasteiger partial charge >= 0.3 is 0 Å². The summed E-state index contributed by atoms with van der Waals surface area (Å²) in [6.07, 6.45) is 1.49. The number of hydrogen-bond acceptors (Lipinski definition) is 2. The third-order valence-electron chi connectivity index (χ3n) is 2.93. The van der Waals surface area contributed by atoms with Crippen molar-refractivity contribution in [2.24, 2.45) is 5.92 Å². The lowest BCUT2D eigenvalue weighted by molar-refractivity contribution is 0.0880. The molecular formula is C12H16Br2N2O. The van der Waals surface area contributed by atoms with Crippen LogP contribution in [0.3, 0.4) is 0 Å². The lowest BCUT2D eigenvalue weighted by atomic mass is 10.1. The molecule has 0 saturated heterocycles. The van der Waals surface area contributed by atoms with E-state index in [1.165, 1.54) is 5.56 Å². The highest BCUT2D eigenvalue weighted by molar-refractivity contribution is 9.13. The van der Waals surface area contributed by atoms with Crippen LogP contribution in [-0.2, 0) is 13.0 Å². The van der Waals surface area contributed by atoms with Crippen molar-refractivity contribution < 1.29 is 4.79 Å². The van der Waals surface area contributed by atoms with Crippen molar-refractivity contribution in [1.29, 1.82) is 0 Å². The van der Waals surface area contributed by atoms with E-state index in [1.54, 1.807) is 0 Å². The molecule has 0 aromatic carbocycles. The van der Waals surface area contributed by atoms with Crippen LogP contribution in [0.4, 0.5) is 0 Å². The van der Waals surface area contributed by atoms with Gasteiger partial charge in [-0.2, -0.15) is 0 Å². The molecule has 1 N–H and O–H groups in total. The molecule has 1 aliphatic heterocycles. The smallest absolute Gasteiger partial charge is 0.232 e. The van der Waals surface area contributed by atoms with Gasteiger partial charge in [0.1, 0.15) is 4.60 Å². The standard InChI is InChI=1S/C12H16Br2N2O/c1-7(2)5-10(17)16-9-3-4-15-6-8(9)11(13)12(16)14/h7,15H,3-6H2,1-2H3. The van der Waals surface area contributed by atoms with Crippen molar-refractivity contribution in [3.8, 4) is 0 Å². The number of carbonyl (C=O) groups is 1. The molecule has 1 aromatic rings. The summed E-state index contributed by atoms with van der Waals surface area (Å²) in [6.45, 7) is 5.90. The summed E-state index contributed by atoms with van der Waals surface area (Å²) < 4.78 is 3.70. The number of carbonyl (C=O) groups excluding carboxylic acids is 1. The quantitative estimate of drug-likeness (QED) is 0.874. The van der Waals surface area contributed by atoms with E-state index in [1.807, 2.05) is 4.57 Å². The van der Waals surface area contributed by atoms with E-state index in [0.29, 0.717) is 12.3 Å². The van der Waals surface area contributed by atoms with E-state index in [9.17, 15) is 4.79 Å². The van der Waals surface area contributed by atoms with Crippen LogP contribution >= 0.6 is 31.9 Å². The molecule has 5 heteroatoms. The van der Waals surface area contributed by atoms with Crippen LogP contribution in [0.1, 0.15) is 36.3 Å². The molecule has 2 rings (SSSR count). The second-order valence-corrected chi connectivity index (χ2v) is 6.33. The fourth-order valence-corrected chi connectivity index (χ4v) is 3.36. The Kier molecular flexibility index (Phi) is 4.10. The first-order chi connectivity index (χ1) is 8.02. The number of nitrogens with one attached hydrogen (secondary N) is 1. The van der Waals surface area contributed by atoms with Crippen LogP contribution in [0.25, 0.3) is 0 Å². The lowest BCUT2D eigenvalue weighted by Gasteiger charge is -2.16. The normalized spacial score (nSPS) is 15.1. The van der Waals surface area contributed by atoms with Crippen LogP contribution in [-0.4, -0.2) is 17.0 Å². The van der Waals surface area contributed by atoms with Crippen molar-refractivity contribution in [1.82, 2.24) is 9.88 Å². The summed E-state index contributed by atoms with van der Waals surface area (Å²) in [5, 5.41) is 3.33. The van der Waals surface area contributed by atoms with E-state index < -0.39 is 0 Å². The Balaban J connectivity index is 2.43. The minimum absolute atomic E-state index is 0.177. The van der Waals surface area contributed by atoms with E-state index in [4.69, 9.17) is 0 Å². The van der Waals surface area contributed by atoms with Gasteiger partial charge in [-0.1, -0.05) is 13.8 Å².